The zero-order chi connectivity index (χ0) is 18.6. The molecule has 0 amide bonds. The third kappa shape index (κ3) is 3.75. The van der Waals surface area contributed by atoms with Crippen LogP contribution in [0, 0.1) is 0 Å². The average Bonchev–Trinajstić information content (AvgIpc) is 3.13. The first-order valence-corrected chi connectivity index (χ1v) is 8.68. The molecule has 2 aromatic carbocycles. The summed E-state index contributed by atoms with van der Waals surface area (Å²) in [7, 11) is 1.69. The van der Waals surface area contributed by atoms with Crippen LogP contribution < -0.4 is 0 Å². The van der Waals surface area contributed by atoms with Crippen molar-refractivity contribution in [1.82, 2.24) is 25.2 Å². The molecule has 0 fully saturated rings. The number of hydrogen-bond donors (Lipinski definition) is 0. The molecule has 0 spiro atoms. The first kappa shape index (κ1) is 17.1. The van der Waals surface area contributed by atoms with Crippen molar-refractivity contribution in [3.63, 3.8) is 0 Å². The number of aliphatic imine (C=N–C) groups is 1. The Morgan fingerprint density at radius 3 is 2.11 bits per heavy atom. The van der Waals surface area contributed by atoms with Crippen LogP contribution in [-0.4, -0.2) is 30.9 Å². The van der Waals surface area contributed by atoms with E-state index >= 15 is 0 Å². The molecule has 6 nitrogen and oxygen atoms in total. The third-order valence-electron chi connectivity index (χ3n) is 3.88. The van der Waals surface area contributed by atoms with Gasteiger partial charge < -0.3 is 0 Å². The summed E-state index contributed by atoms with van der Waals surface area (Å²) in [5.41, 5.74) is 4.00. The van der Waals surface area contributed by atoms with Crippen LogP contribution in [0.4, 0.5) is 5.69 Å². The summed E-state index contributed by atoms with van der Waals surface area (Å²) < 4.78 is 0. The van der Waals surface area contributed by atoms with Gasteiger partial charge in [0, 0.05) is 11.1 Å². The maximum Gasteiger partial charge on any atom is 0.224 e. The Bertz CT molecular complexity index is 1050. The molecule has 0 aliphatic carbocycles. The lowest BCUT2D eigenvalue weighted by Gasteiger charge is -2.08. The number of aromatic nitrogens is 5. The smallest absolute Gasteiger partial charge is 0.224 e. The van der Waals surface area contributed by atoms with Gasteiger partial charge in [-0.05, 0) is 11.3 Å². The quantitative estimate of drug-likeness (QED) is 0.504. The number of pyridine rings is 1. The van der Waals surface area contributed by atoms with Crippen LogP contribution in [-0.2, 0) is 7.05 Å². The topological polar surface area (TPSA) is 68.8 Å². The molecule has 2 heterocycles. The molecule has 27 heavy (non-hydrogen) atoms. The van der Waals surface area contributed by atoms with E-state index in [-0.39, 0.29) is 0 Å². The van der Waals surface area contributed by atoms with Crippen LogP contribution in [0.1, 0.15) is 11.1 Å². The highest BCUT2D eigenvalue weighted by molar-refractivity contribution is 6.33. The minimum atomic E-state index is 0.379. The van der Waals surface area contributed by atoms with Gasteiger partial charge in [0.05, 0.1) is 29.7 Å². The van der Waals surface area contributed by atoms with Crippen LogP contribution in [0.25, 0.3) is 11.5 Å². The summed E-state index contributed by atoms with van der Waals surface area (Å²) >= 11 is 6.40. The molecule has 0 bridgehead atoms. The molecule has 2 aromatic heterocycles. The predicted octanol–water partition coefficient (Wildman–Crippen LogP) is 4.09. The molecule has 0 unspecified atom stereocenters. The zero-order valence-electron chi connectivity index (χ0n) is 14.5. The van der Waals surface area contributed by atoms with E-state index in [9.17, 15) is 0 Å². The van der Waals surface area contributed by atoms with Crippen molar-refractivity contribution in [2.45, 2.75) is 0 Å². The molecular weight excluding hydrogens is 360 g/mol. The van der Waals surface area contributed by atoms with Crippen LogP contribution in [0.15, 0.2) is 77.9 Å². The lowest BCUT2D eigenvalue weighted by Crippen LogP contribution is -2.02. The Labute approximate surface area is 161 Å². The van der Waals surface area contributed by atoms with Crippen molar-refractivity contribution in [3.8, 4) is 11.5 Å². The van der Waals surface area contributed by atoms with Crippen molar-refractivity contribution in [1.29, 1.82) is 0 Å². The predicted molar refractivity (Wildman–Crippen MR) is 105 cm³/mol. The van der Waals surface area contributed by atoms with Gasteiger partial charge in [-0.3, -0.25) is 0 Å². The highest BCUT2D eigenvalue weighted by Gasteiger charge is 2.13. The number of rotatable bonds is 4. The van der Waals surface area contributed by atoms with E-state index in [1.165, 1.54) is 4.80 Å². The average molecular weight is 375 g/mol. The lowest BCUT2D eigenvalue weighted by molar-refractivity contribution is 0.630. The molecule has 0 atom stereocenters. The van der Waals surface area contributed by atoms with E-state index in [4.69, 9.17) is 16.6 Å². The second kappa shape index (κ2) is 7.47. The second-order valence-corrected chi connectivity index (χ2v) is 6.23. The molecule has 0 aliphatic rings. The highest BCUT2D eigenvalue weighted by Crippen LogP contribution is 2.27. The van der Waals surface area contributed by atoms with Crippen LogP contribution >= 0.6 is 11.6 Å². The van der Waals surface area contributed by atoms with Gasteiger partial charge in [-0.15, -0.1) is 10.2 Å². The van der Waals surface area contributed by atoms with Gasteiger partial charge in [0.25, 0.3) is 0 Å². The maximum absolute atomic E-state index is 6.40. The minimum Gasteiger partial charge on any atom is -0.249 e. The molecule has 0 aliphatic heterocycles. The molecule has 0 saturated carbocycles. The summed E-state index contributed by atoms with van der Waals surface area (Å²) in [4.78, 5) is 10.6. The number of hydrogen-bond acceptors (Lipinski definition) is 5. The molecule has 0 saturated heterocycles. The van der Waals surface area contributed by atoms with Crippen molar-refractivity contribution in [3.05, 3.63) is 89.1 Å². The van der Waals surface area contributed by atoms with Gasteiger partial charge in [-0.2, -0.15) is 4.80 Å². The van der Waals surface area contributed by atoms with E-state index in [0.717, 1.165) is 16.8 Å². The van der Waals surface area contributed by atoms with Crippen LogP contribution in [0.5, 0.6) is 0 Å². The van der Waals surface area contributed by atoms with Gasteiger partial charge in [0.1, 0.15) is 5.69 Å². The Morgan fingerprint density at radius 2 is 1.59 bits per heavy atom. The molecule has 4 rings (SSSR count). The molecule has 132 valence electrons. The summed E-state index contributed by atoms with van der Waals surface area (Å²) in [6, 6.07) is 21.8. The standard InChI is InChI=1S/C20H15ClN6/c1-27-25-20(24-26-27)19-17(21)12-16(13-22-19)23-18(14-8-4-2-5-9-14)15-10-6-3-7-11-15/h2-13H,1H3. The van der Waals surface area contributed by atoms with Crippen molar-refractivity contribution in [2.24, 2.45) is 12.0 Å². The normalized spacial score (nSPS) is 10.6. The number of halogens is 1. The van der Waals surface area contributed by atoms with Crippen LogP contribution in [0.2, 0.25) is 5.02 Å². The van der Waals surface area contributed by atoms with Crippen LogP contribution in [0.3, 0.4) is 0 Å². The van der Waals surface area contributed by atoms with Gasteiger partial charge in [0.15, 0.2) is 0 Å². The number of aryl methyl sites for hydroxylation is 1. The maximum atomic E-state index is 6.40. The fourth-order valence-electron chi connectivity index (χ4n) is 2.65. The molecule has 4 aromatic rings. The van der Waals surface area contributed by atoms with E-state index in [1.54, 1.807) is 19.3 Å². The zero-order valence-corrected chi connectivity index (χ0v) is 15.2. The first-order valence-electron chi connectivity index (χ1n) is 8.30. The van der Waals surface area contributed by atoms with Gasteiger partial charge in [0.2, 0.25) is 5.82 Å². The van der Waals surface area contributed by atoms with E-state index in [1.807, 2.05) is 60.7 Å². The monoisotopic (exact) mass is 374 g/mol. The molecular formula is C20H15ClN6. The second-order valence-electron chi connectivity index (χ2n) is 5.82. The Morgan fingerprint density at radius 1 is 0.963 bits per heavy atom. The van der Waals surface area contributed by atoms with E-state index < -0.39 is 0 Å². The molecule has 0 radical (unpaired) electrons. The Balaban J connectivity index is 1.78. The fourth-order valence-corrected chi connectivity index (χ4v) is 2.89. The van der Waals surface area contributed by atoms with Gasteiger partial charge in [-0.25, -0.2) is 9.98 Å². The largest absolute Gasteiger partial charge is 0.249 e. The lowest BCUT2D eigenvalue weighted by atomic mass is 10.0. The van der Waals surface area contributed by atoms with Gasteiger partial charge in [-0.1, -0.05) is 72.3 Å². The van der Waals surface area contributed by atoms with Crippen molar-refractivity contribution < 1.29 is 0 Å². The Hall–Kier alpha value is -3.38. The summed E-state index contributed by atoms with van der Waals surface area (Å²) in [6.45, 7) is 0. The minimum absolute atomic E-state index is 0.379. The number of tetrazole rings is 1. The summed E-state index contributed by atoms with van der Waals surface area (Å²) in [6.07, 6.45) is 1.66. The van der Waals surface area contributed by atoms with Crippen molar-refractivity contribution in [2.75, 3.05) is 0 Å². The number of nitrogens with zero attached hydrogens (tertiary/aromatic N) is 6. The van der Waals surface area contributed by atoms with E-state index in [2.05, 4.69) is 20.4 Å². The third-order valence-corrected chi connectivity index (χ3v) is 4.17. The fraction of sp³-hybridized carbons (Fsp3) is 0.0500. The van der Waals surface area contributed by atoms with E-state index in [0.29, 0.717) is 22.2 Å². The summed E-state index contributed by atoms with van der Waals surface area (Å²) in [5.74, 6) is 0.379. The summed E-state index contributed by atoms with van der Waals surface area (Å²) in [5, 5.41) is 12.3. The molecule has 7 heteroatoms. The number of benzene rings is 2. The first-order chi connectivity index (χ1) is 13.2. The SMILES string of the molecule is Cn1nnc(-c2ncc(N=C(c3ccccc3)c3ccccc3)cc2Cl)n1. The van der Waals surface area contributed by atoms with Crippen molar-refractivity contribution >= 4 is 23.0 Å². The van der Waals surface area contributed by atoms with Gasteiger partial charge >= 0.3 is 0 Å². The highest BCUT2D eigenvalue weighted by atomic mass is 35.5. The Kier molecular flexibility index (Phi) is 4.72. The molecule has 0 N–H and O–H groups in total.